The highest BCUT2D eigenvalue weighted by Crippen LogP contribution is 2.47. The Balaban J connectivity index is 0.942. The SMILES string of the molecule is c1ccc(-c2ccc(-c3ccc(N(c4ccc(-c5ccc6c(c5)c(-c5ccccc5)c(-c5ccccc5)c5ccccc56)cc4)c4ccc(-c5ccccc5)c(-c5ccccc5)c4)cc3)cc2-c2ccccc2)cc1. The van der Waals surface area contributed by atoms with Crippen LogP contribution < -0.4 is 4.90 Å². The van der Waals surface area contributed by atoms with Crippen LogP contribution >= 0.6 is 0 Å². The highest BCUT2D eigenvalue weighted by atomic mass is 15.1. The first kappa shape index (κ1) is 45.1. The summed E-state index contributed by atoms with van der Waals surface area (Å²) in [6, 6.07) is 113. The maximum absolute atomic E-state index is 2.41. The molecule has 0 saturated heterocycles. The molecule has 0 amide bonds. The van der Waals surface area contributed by atoms with Gasteiger partial charge in [0.1, 0.15) is 0 Å². The summed E-state index contributed by atoms with van der Waals surface area (Å²) in [7, 11) is 0. The molecule has 0 aliphatic rings. The Labute approximate surface area is 439 Å². The molecule has 1 heteroatoms. The molecular weight excluding hydrogens is 903 g/mol. The van der Waals surface area contributed by atoms with Crippen LogP contribution in [0.15, 0.2) is 309 Å². The molecule has 13 aromatic rings. The van der Waals surface area contributed by atoms with E-state index in [1.54, 1.807) is 0 Å². The van der Waals surface area contributed by atoms with E-state index < -0.39 is 0 Å². The zero-order chi connectivity index (χ0) is 49.9. The maximum atomic E-state index is 2.41. The summed E-state index contributed by atoms with van der Waals surface area (Å²) in [5.74, 6) is 0. The molecule has 0 fully saturated rings. The summed E-state index contributed by atoms with van der Waals surface area (Å²) in [6.45, 7) is 0. The molecule has 0 bridgehead atoms. The van der Waals surface area contributed by atoms with Gasteiger partial charge >= 0.3 is 0 Å². The summed E-state index contributed by atoms with van der Waals surface area (Å²) in [6.07, 6.45) is 0. The molecule has 0 N–H and O–H groups in total. The van der Waals surface area contributed by atoms with E-state index in [-0.39, 0.29) is 0 Å². The van der Waals surface area contributed by atoms with E-state index in [1.807, 2.05) is 0 Å². The fraction of sp³-hybridized carbons (Fsp3) is 0. The number of hydrogen-bond donors (Lipinski definition) is 0. The lowest BCUT2D eigenvalue weighted by atomic mass is 9.84. The molecule has 0 aliphatic carbocycles. The van der Waals surface area contributed by atoms with Gasteiger partial charge in [-0.3, -0.25) is 0 Å². The minimum absolute atomic E-state index is 1.07. The van der Waals surface area contributed by atoms with Gasteiger partial charge in [0.25, 0.3) is 0 Å². The van der Waals surface area contributed by atoms with Gasteiger partial charge in [-0.15, -0.1) is 0 Å². The smallest absolute Gasteiger partial charge is 0.0468 e. The van der Waals surface area contributed by atoms with Crippen molar-refractivity contribution in [3.63, 3.8) is 0 Å². The molecule has 0 spiro atoms. The molecule has 0 heterocycles. The highest BCUT2D eigenvalue weighted by molar-refractivity contribution is 6.22. The van der Waals surface area contributed by atoms with Gasteiger partial charge in [0, 0.05) is 17.1 Å². The normalized spacial score (nSPS) is 11.2. The number of nitrogens with zero attached hydrogens (tertiary/aromatic N) is 1. The minimum atomic E-state index is 1.07. The predicted molar refractivity (Wildman–Crippen MR) is 320 cm³/mol. The Bertz CT molecular complexity index is 4100. The monoisotopic (exact) mass is 953 g/mol. The molecule has 0 aliphatic heterocycles. The third kappa shape index (κ3) is 8.77. The Kier molecular flexibility index (Phi) is 12.0. The van der Waals surface area contributed by atoms with Crippen molar-refractivity contribution in [1.82, 2.24) is 0 Å². The third-order valence-electron chi connectivity index (χ3n) is 14.7. The van der Waals surface area contributed by atoms with Gasteiger partial charge < -0.3 is 4.90 Å². The summed E-state index contributed by atoms with van der Waals surface area (Å²) < 4.78 is 0. The molecule has 75 heavy (non-hydrogen) atoms. The number of anilines is 3. The van der Waals surface area contributed by atoms with Gasteiger partial charge in [0.15, 0.2) is 0 Å². The lowest BCUT2D eigenvalue weighted by Crippen LogP contribution is -2.10. The highest BCUT2D eigenvalue weighted by Gasteiger charge is 2.21. The summed E-state index contributed by atoms with van der Waals surface area (Å²) in [5, 5.41) is 4.99. The van der Waals surface area contributed by atoms with E-state index in [4.69, 9.17) is 0 Å². The molecule has 0 atom stereocenters. The van der Waals surface area contributed by atoms with Crippen LogP contribution in [0, 0.1) is 0 Å². The number of rotatable bonds is 11. The van der Waals surface area contributed by atoms with Crippen molar-refractivity contribution in [3.05, 3.63) is 309 Å². The molecule has 0 aromatic heterocycles. The lowest BCUT2D eigenvalue weighted by Gasteiger charge is -2.27. The van der Waals surface area contributed by atoms with E-state index in [9.17, 15) is 0 Å². The molecule has 13 aromatic carbocycles. The van der Waals surface area contributed by atoms with Crippen LogP contribution in [0.4, 0.5) is 17.1 Å². The van der Waals surface area contributed by atoms with E-state index in [2.05, 4.69) is 314 Å². The average Bonchev–Trinajstić information content (AvgIpc) is 3.52. The summed E-state index contributed by atoms with van der Waals surface area (Å²) >= 11 is 0. The van der Waals surface area contributed by atoms with Gasteiger partial charge in [-0.05, 0) is 159 Å². The van der Waals surface area contributed by atoms with Crippen LogP contribution in [0.1, 0.15) is 0 Å². The van der Waals surface area contributed by atoms with Crippen molar-refractivity contribution in [1.29, 1.82) is 0 Å². The molecule has 0 unspecified atom stereocenters. The second-order valence-electron chi connectivity index (χ2n) is 19.2. The van der Waals surface area contributed by atoms with Gasteiger partial charge in [0.05, 0.1) is 0 Å². The van der Waals surface area contributed by atoms with E-state index in [0.29, 0.717) is 0 Å². The van der Waals surface area contributed by atoms with Crippen molar-refractivity contribution >= 4 is 38.6 Å². The molecule has 0 radical (unpaired) electrons. The molecular formula is C74H51N. The van der Waals surface area contributed by atoms with E-state index >= 15 is 0 Å². The topological polar surface area (TPSA) is 3.24 Å². The van der Waals surface area contributed by atoms with Crippen LogP contribution in [0.25, 0.3) is 111 Å². The molecule has 0 saturated carbocycles. The standard InChI is InChI=1S/C74H51N/c1-7-21-54(22-8-1)65-46-39-60(49-70(65)56-25-11-3-12-26-56)52-35-41-62(42-36-52)75(64-45-48-66(55-23-9-2-10-24-55)71(51-64)57-27-13-4-14-28-57)63-43-37-53(38-44-63)61-40-47-68-67-33-19-20-34-69(67)73(58-29-15-5-16-30-58)74(72(68)50-61)59-31-17-6-18-32-59/h1-51H. The average molecular weight is 954 g/mol. The van der Waals surface area contributed by atoms with Crippen LogP contribution in [-0.2, 0) is 0 Å². The Morgan fingerprint density at radius 3 is 0.960 bits per heavy atom. The first-order chi connectivity index (χ1) is 37.2. The Morgan fingerprint density at radius 1 is 0.160 bits per heavy atom. The van der Waals surface area contributed by atoms with Crippen molar-refractivity contribution < 1.29 is 0 Å². The van der Waals surface area contributed by atoms with Crippen LogP contribution in [0.2, 0.25) is 0 Å². The fourth-order valence-electron chi connectivity index (χ4n) is 11.1. The zero-order valence-corrected chi connectivity index (χ0v) is 41.4. The maximum Gasteiger partial charge on any atom is 0.0468 e. The number of benzene rings is 13. The van der Waals surface area contributed by atoms with Crippen LogP contribution in [0.3, 0.4) is 0 Å². The van der Waals surface area contributed by atoms with Crippen molar-refractivity contribution in [2.24, 2.45) is 0 Å². The molecule has 1 nitrogen and oxygen atoms in total. The first-order valence-corrected chi connectivity index (χ1v) is 25.8. The number of fused-ring (bicyclic) bond motifs is 3. The first-order valence-electron chi connectivity index (χ1n) is 25.8. The van der Waals surface area contributed by atoms with Crippen molar-refractivity contribution in [2.45, 2.75) is 0 Å². The molecule has 13 rings (SSSR count). The summed E-state index contributed by atoms with van der Waals surface area (Å²) in [5.41, 5.74) is 22.4. The largest absolute Gasteiger partial charge is 0.310 e. The second kappa shape index (κ2) is 20.0. The Morgan fingerprint density at radius 2 is 0.480 bits per heavy atom. The van der Waals surface area contributed by atoms with Crippen LogP contribution in [-0.4, -0.2) is 0 Å². The fourth-order valence-corrected chi connectivity index (χ4v) is 11.1. The van der Waals surface area contributed by atoms with E-state index in [0.717, 1.165) is 28.2 Å². The Hall–Kier alpha value is -9.82. The van der Waals surface area contributed by atoms with Gasteiger partial charge in [0.2, 0.25) is 0 Å². The van der Waals surface area contributed by atoms with Gasteiger partial charge in [-0.2, -0.15) is 0 Å². The quantitative estimate of drug-likeness (QED) is 0.117. The summed E-state index contributed by atoms with van der Waals surface area (Å²) in [4.78, 5) is 2.40. The number of hydrogen-bond acceptors (Lipinski definition) is 1. The van der Waals surface area contributed by atoms with Gasteiger partial charge in [-0.1, -0.05) is 261 Å². The van der Waals surface area contributed by atoms with Crippen LogP contribution in [0.5, 0.6) is 0 Å². The van der Waals surface area contributed by atoms with E-state index in [1.165, 1.54) is 99.4 Å². The second-order valence-corrected chi connectivity index (χ2v) is 19.2. The zero-order valence-electron chi connectivity index (χ0n) is 41.4. The van der Waals surface area contributed by atoms with Crippen molar-refractivity contribution in [3.8, 4) is 89.0 Å². The molecule has 352 valence electrons. The minimum Gasteiger partial charge on any atom is -0.310 e. The van der Waals surface area contributed by atoms with Gasteiger partial charge in [-0.25, -0.2) is 0 Å². The third-order valence-corrected chi connectivity index (χ3v) is 14.7. The predicted octanol–water partition coefficient (Wildman–Crippen LogP) is 20.8. The lowest BCUT2D eigenvalue weighted by molar-refractivity contribution is 1.28. The van der Waals surface area contributed by atoms with Crippen molar-refractivity contribution in [2.75, 3.05) is 4.90 Å².